The van der Waals surface area contributed by atoms with E-state index >= 15 is 0 Å². The number of urea groups is 1. The lowest BCUT2D eigenvalue weighted by Crippen LogP contribution is -2.56. The van der Waals surface area contributed by atoms with E-state index in [1.807, 2.05) is 18.2 Å². The van der Waals surface area contributed by atoms with Crippen molar-refractivity contribution in [2.24, 2.45) is 0 Å². The van der Waals surface area contributed by atoms with Gasteiger partial charge in [-0.15, -0.1) is 0 Å². The number of carbonyl (C=O) groups is 1. The second-order valence-electron chi connectivity index (χ2n) is 6.91. The molecule has 2 aliphatic rings. The number of aromatic nitrogens is 4. The highest BCUT2D eigenvalue weighted by atomic mass is 16.2. The van der Waals surface area contributed by atoms with Crippen molar-refractivity contribution in [1.82, 2.24) is 19.9 Å². The van der Waals surface area contributed by atoms with Crippen LogP contribution in [0.15, 0.2) is 55.2 Å². The molecule has 5 heterocycles. The molecule has 2 bridgehead atoms. The lowest BCUT2D eigenvalue weighted by atomic mass is 9.99. The van der Waals surface area contributed by atoms with Gasteiger partial charge in [0.2, 0.25) is 0 Å². The van der Waals surface area contributed by atoms with Gasteiger partial charge in [-0.2, -0.15) is 0 Å². The van der Waals surface area contributed by atoms with Crippen LogP contribution in [-0.2, 0) is 0 Å². The minimum atomic E-state index is -0.232. The summed E-state index contributed by atoms with van der Waals surface area (Å²) >= 11 is 0. The van der Waals surface area contributed by atoms with E-state index in [0.717, 1.165) is 42.9 Å². The molecule has 3 aromatic heterocycles. The van der Waals surface area contributed by atoms with Gasteiger partial charge in [-0.3, -0.25) is 20.2 Å². The Bertz CT molecular complexity index is 996. The second-order valence-corrected chi connectivity index (χ2v) is 6.91. The van der Waals surface area contributed by atoms with Gasteiger partial charge in [0.05, 0.1) is 23.6 Å². The third kappa shape index (κ3) is 2.92. The van der Waals surface area contributed by atoms with Gasteiger partial charge in [0.1, 0.15) is 0 Å². The first-order chi connectivity index (χ1) is 13.8. The molecule has 3 aromatic rings. The Kier molecular flexibility index (Phi) is 4.08. The number of piperidine rings is 1. The molecule has 0 radical (unpaired) electrons. The zero-order valence-corrected chi connectivity index (χ0v) is 15.2. The Morgan fingerprint density at radius 3 is 2.86 bits per heavy atom. The number of hydrogen-bond donors (Lipinski definition) is 1. The maximum absolute atomic E-state index is 13.2. The normalized spacial score (nSPS) is 17.8. The van der Waals surface area contributed by atoms with Gasteiger partial charge >= 0.3 is 6.03 Å². The minimum Gasteiger partial charge on any atom is -0.366 e. The fourth-order valence-electron chi connectivity index (χ4n) is 3.89. The van der Waals surface area contributed by atoms with E-state index in [0.29, 0.717) is 11.6 Å². The van der Waals surface area contributed by atoms with Crippen molar-refractivity contribution < 1.29 is 4.79 Å². The predicted molar refractivity (Wildman–Crippen MR) is 106 cm³/mol. The molecule has 0 unspecified atom stereocenters. The molecule has 0 aliphatic carbocycles. The van der Waals surface area contributed by atoms with E-state index in [9.17, 15) is 4.79 Å². The molecule has 0 spiro atoms. The number of anilines is 3. The number of hydrogen-bond acceptors (Lipinski definition) is 6. The molecule has 2 aliphatic heterocycles. The van der Waals surface area contributed by atoms with Crippen molar-refractivity contribution >= 4 is 23.4 Å². The van der Waals surface area contributed by atoms with Crippen LogP contribution in [0.1, 0.15) is 12.8 Å². The maximum atomic E-state index is 13.2. The van der Waals surface area contributed by atoms with Crippen LogP contribution in [0.3, 0.4) is 0 Å². The summed E-state index contributed by atoms with van der Waals surface area (Å²) in [5.74, 6) is 1.11. The van der Waals surface area contributed by atoms with Crippen LogP contribution < -0.4 is 15.1 Å². The smallest absolute Gasteiger partial charge is 0.329 e. The molecule has 8 nitrogen and oxygen atoms in total. The number of pyridine rings is 2. The van der Waals surface area contributed by atoms with E-state index in [4.69, 9.17) is 4.98 Å². The molecular weight excluding hydrogens is 354 g/mol. The Morgan fingerprint density at radius 1 is 1.11 bits per heavy atom. The fraction of sp³-hybridized carbons (Fsp3) is 0.250. The van der Waals surface area contributed by atoms with E-state index < -0.39 is 0 Å². The Labute approximate surface area is 162 Å². The van der Waals surface area contributed by atoms with Crippen molar-refractivity contribution in [3.63, 3.8) is 0 Å². The van der Waals surface area contributed by atoms with Crippen molar-refractivity contribution in [3.05, 3.63) is 55.2 Å². The SMILES string of the molecule is O=C(Nc1cnccn1)N1c2nc(-c3cccnc3)ccc2N2CCC[C@H]1C2. The summed E-state index contributed by atoms with van der Waals surface area (Å²) < 4.78 is 0. The monoisotopic (exact) mass is 373 g/mol. The van der Waals surface area contributed by atoms with E-state index in [-0.39, 0.29) is 12.1 Å². The molecule has 28 heavy (non-hydrogen) atoms. The number of nitrogens with zero attached hydrogens (tertiary/aromatic N) is 6. The second kappa shape index (κ2) is 6.88. The Hall–Kier alpha value is -3.55. The number of nitrogens with one attached hydrogen (secondary N) is 1. The third-order valence-corrected chi connectivity index (χ3v) is 5.16. The average Bonchev–Trinajstić information content (AvgIpc) is 2.75. The van der Waals surface area contributed by atoms with E-state index in [1.165, 1.54) is 6.20 Å². The molecule has 1 fully saturated rings. The van der Waals surface area contributed by atoms with Gasteiger partial charge in [-0.1, -0.05) is 0 Å². The third-order valence-electron chi connectivity index (χ3n) is 5.16. The quantitative estimate of drug-likeness (QED) is 0.743. The molecular formula is C20H19N7O. The number of fused-ring (bicyclic) bond motifs is 4. The van der Waals surface area contributed by atoms with Crippen LogP contribution in [0.25, 0.3) is 11.3 Å². The lowest BCUT2D eigenvalue weighted by molar-refractivity contribution is 0.252. The standard InChI is InChI=1S/C20H19N7O/c28-20(25-18-12-22-8-9-23-18)27-15-4-2-10-26(13-15)17-6-5-16(24-19(17)27)14-3-1-7-21-11-14/h1,3,5-9,11-12,15H,2,4,10,13H2,(H,23,25,28)/t15-/m0/s1. The summed E-state index contributed by atoms with van der Waals surface area (Å²) in [6, 6.07) is 7.74. The van der Waals surface area contributed by atoms with Gasteiger partial charge in [-0.25, -0.2) is 14.8 Å². The summed E-state index contributed by atoms with van der Waals surface area (Å²) in [7, 11) is 0. The maximum Gasteiger partial charge on any atom is 0.329 e. The minimum absolute atomic E-state index is 0.0783. The molecule has 8 heteroatoms. The molecule has 0 saturated carbocycles. The van der Waals surface area contributed by atoms with Crippen molar-refractivity contribution in [1.29, 1.82) is 0 Å². The molecule has 0 aromatic carbocycles. The summed E-state index contributed by atoms with van der Waals surface area (Å²) in [4.78, 5) is 34.5. The lowest BCUT2D eigenvalue weighted by Gasteiger charge is -2.45. The average molecular weight is 373 g/mol. The Morgan fingerprint density at radius 2 is 2.04 bits per heavy atom. The summed E-state index contributed by atoms with van der Waals surface area (Å²) in [6.07, 6.45) is 10.2. The fourth-order valence-corrected chi connectivity index (χ4v) is 3.89. The first kappa shape index (κ1) is 16.6. The van der Waals surface area contributed by atoms with Crippen LogP contribution in [-0.4, -0.2) is 45.1 Å². The molecule has 1 atom stereocenters. The van der Waals surface area contributed by atoms with Gasteiger partial charge in [0, 0.05) is 43.4 Å². The number of rotatable bonds is 2. The van der Waals surface area contributed by atoms with Gasteiger partial charge in [-0.05, 0) is 37.1 Å². The van der Waals surface area contributed by atoms with Crippen LogP contribution in [0.4, 0.5) is 22.1 Å². The molecule has 2 amide bonds. The first-order valence-electron chi connectivity index (χ1n) is 9.32. The zero-order chi connectivity index (χ0) is 18.9. The summed E-state index contributed by atoms with van der Waals surface area (Å²) in [5, 5.41) is 2.86. The van der Waals surface area contributed by atoms with Crippen molar-refractivity contribution in [2.75, 3.05) is 28.2 Å². The van der Waals surface area contributed by atoms with Crippen molar-refractivity contribution in [3.8, 4) is 11.3 Å². The summed E-state index contributed by atoms with van der Waals surface area (Å²) in [5.41, 5.74) is 2.70. The van der Waals surface area contributed by atoms with Gasteiger partial charge < -0.3 is 4.90 Å². The number of amides is 2. The largest absolute Gasteiger partial charge is 0.366 e. The highest BCUT2D eigenvalue weighted by Crippen LogP contribution is 2.39. The van der Waals surface area contributed by atoms with Crippen LogP contribution in [0.2, 0.25) is 0 Å². The van der Waals surface area contributed by atoms with Crippen molar-refractivity contribution in [2.45, 2.75) is 18.9 Å². The Balaban J connectivity index is 1.55. The van der Waals surface area contributed by atoms with Gasteiger partial charge in [0.25, 0.3) is 0 Å². The summed E-state index contributed by atoms with van der Waals surface area (Å²) in [6.45, 7) is 1.80. The molecule has 140 valence electrons. The van der Waals surface area contributed by atoms with Gasteiger partial charge in [0.15, 0.2) is 11.6 Å². The highest BCUT2D eigenvalue weighted by Gasteiger charge is 2.38. The van der Waals surface area contributed by atoms with Crippen LogP contribution in [0, 0.1) is 0 Å². The molecule has 1 saturated heterocycles. The van der Waals surface area contributed by atoms with Crippen LogP contribution >= 0.6 is 0 Å². The van der Waals surface area contributed by atoms with E-state index in [1.54, 1.807) is 29.7 Å². The first-order valence-corrected chi connectivity index (χ1v) is 9.32. The zero-order valence-electron chi connectivity index (χ0n) is 15.2. The highest BCUT2D eigenvalue weighted by molar-refractivity contribution is 6.04. The van der Waals surface area contributed by atoms with E-state index in [2.05, 4.69) is 31.2 Å². The predicted octanol–water partition coefficient (Wildman–Crippen LogP) is 2.95. The van der Waals surface area contributed by atoms with Crippen LogP contribution in [0.5, 0.6) is 0 Å². The molecule has 5 rings (SSSR count). The number of carbonyl (C=O) groups excluding carboxylic acids is 1. The molecule has 1 N–H and O–H groups in total. The topological polar surface area (TPSA) is 87.1 Å².